The second-order valence-corrected chi connectivity index (χ2v) is 10.2. The van der Waals surface area contributed by atoms with Gasteiger partial charge in [0.2, 0.25) is 0 Å². The molecule has 1 aliphatic heterocycles. The molecule has 7 nitrogen and oxygen atoms in total. The number of hydrogen-bond donors (Lipinski definition) is 1. The lowest BCUT2D eigenvalue weighted by molar-refractivity contribution is -0.201. The fourth-order valence-corrected chi connectivity index (χ4v) is 3.92. The van der Waals surface area contributed by atoms with Crippen LogP contribution >= 0.6 is 0 Å². The van der Waals surface area contributed by atoms with E-state index in [-0.39, 0.29) is 25.8 Å². The van der Waals surface area contributed by atoms with Crippen LogP contribution in [-0.2, 0) is 41.7 Å². The Morgan fingerprint density at radius 2 is 1.62 bits per heavy atom. The summed E-state index contributed by atoms with van der Waals surface area (Å²) in [6, 6.07) is 19.4. The van der Waals surface area contributed by atoms with E-state index in [1.165, 1.54) is 0 Å². The number of aliphatic hydroxyl groups excluding tert-OH is 1. The SMILES string of the molecule is C=CCCCO[C@H]1O[C@@H]([C@@H](CO)OCc2ccccc2)[C@H](OCc2ccccc2)[C@H]1OC(=O)C(C)(C)C. The van der Waals surface area contributed by atoms with Gasteiger partial charge in [0.05, 0.1) is 31.8 Å². The number of benzene rings is 2. The van der Waals surface area contributed by atoms with E-state index in [0.29, 0.717) is 6.61 Å². The summed E-state index contributed by atoms with van der Waals surface area (Å²) in [6.07, 6.45) is -0.506. The summed E-state index contributed by atoms with van der Waals surface area (Å²) in [6.45, 7) is 9.78. The molecule has 1 fully saturated rings. The topological polar surface area (TPSA) is 83.5 Å². The van der Waals surface area contributed by atoms with E-state index in [1.54, 1.807) is 20.8 Å². The van der Waals surface area contributed by atoms with Gasteiger partial charge in [0, 0.05) is 0 Å². The second-order valence-electron chi connectivity index (χ2n) is 10.2. The normalized spacial score (nSPS) is 22.5. The molecule has 0 spiro atoms. The first-order chi connectivity index (χ1) is 17.8. The summed E-state index contributed by atoms with van der Waals surface area (Å²) in [7, 11) is 0. The minimum absolute atomic E-state index is 0.273. The Balaban J connectivity index is 1.84. The number of rotatable bonds is 14. The van der Waals surface area contributed by atoms with E-state index < -0.39 is 36.1 Å². The van der Waals surface area contributed by atoms with Crippen molar-refractivity contribution in [2.75, 3.05) is 13.2 Å². The van der Waals surface area contributed by atoms with Crippen LogP contribution < -0.4 is 0 Å². The van der Waals surface area contributed by atoms with Crippen molar-refractivity contribution < 1.29 is 33.6 Å². The summed E-state index contributed by atoms with van der Waals surface area (Å²) in [4.78, 5) is 12.9. The fourth-order valence-electron chi connectivity index (χ4n) is 3.92. The van der Waals surface area contributed by atoms with Gasteiger partial charge in [0.15, 0.2) is 12.4 Å². The molecule has 2 aromatic carbocycles. The fraction of sp³-hybridized carbons (Fsp3) is 0.500. The predicted octanol–water partition coefficient (Wildman–Crippen LogP) is 4.82. The van der Waals surface area contributed by atoms with E-state index in [0.717, 1.165) is 24.0 Å². The van der Waals surface area contributed by atoms with E-state index in [4.69, 9.17) is 23.7 Å². The van der Waals surface area contributed by atoms with Crippen molar-refractivity contribution >= 4 is 5.97 Å². The molecule has 0 radical (unpaired) electrons. The highest BCUT2D eigenvalue weighted by molar-refractivity contribution is 5.75. The van der Waals surface area contributed by atoms with Crippen molar-refractivity contribution in [1.29, 1.82) is 0 Å². The zero-order valence-corrected chi connectivity index (χ0v) is 22.1. The summed E-state index contributed by atoms with van der Waals surface area (Å²) in [5.41, 5.74) is 1.20. The van der Waals surface area contributed by atoms with Crippen molar-refractivity contribution in [1.82, 2.24) is 0 Å². The highest BCUT2D eigenvalue weighted by Gasteiger charge is 2.52. The Morgan fingerprint density at radius 1 is 1.00 bits per heavy atom. The van der Waals surface area contributed by atoms with Gasteiger partial charge in [-0.3, -0.25) is 4.79 Å². The van der Waals surface area contributed by atoms with Gasteiger partial charge in [-0.15, -0.1) is 6.58 Å². The molecule has 1 aliphatic rings. The first-order valence-corrected chi connectivity index (χ1v) is 12.8. The average Bonchev–Trinajstić information content (AvgIpc) is 3.23. The first-order valence-electron chi connectivity index (χ1n) is 12.8. The molecule has 0 aromatic heterocycles. The second kappa shape index (κ2) is 14.4. The van der Waals surface area contributed by atoms with Gasteiger partial charge in [-0.25, -0.2) is 0 Å². The smallest absolute Gasteiger partial charge is 0.311 e. The number of ether oxygens (including phenoxy) is 5. The zero-order chi connectivity index (χ0) is 26.7. The molecule has 37 heavy (non-hydrogen) atoms. The van der Waals surface area contributed by atoms with E-state index in [9.17, 15) is 9.90 Å². The van der Waals surface area contributed by atoms with Crippen LogP contribution in [0.25, 0.3) is 0 Å². The van der Waals surface area contributed by atoms with Gasteiger partial charge in [-0.1, -0.05) is 66.7 Å². The molecule has 5 atom stereocenters. The average molecular weight is 513 g/mol. The highest BCUT2D eigenvalue weighted by Crippen LogP contribution is 2.33. The van der Waals surface area contributed by atoms with E-state index in [1.807, 2.05) is 66.7 Å². The molecule has 2 aromatic rings. The van der Waals surface area contributed by atoms with Crippen LogP contribution in [0.1, 0.15) is 44.7 Å². The Kier molecular flexibility index (Phi) is 11.3. The minimum atomic E-state index is -0.865. The third-order valence-corrected chi connectivity index (χ3v) is 6.04. The lowest BCUT2D eigenvalue weighted by atomic mass is 9.97. The maximum Gasteiger partial charge on any atom is 0.311 e. The number of carbonyl (C=O) groups is 1. The number of esters is 1. The molecule has 0 aliphatic carbocycles. The van der Waals surface area contributed by atoms with Gasteiger partial charge < -0.3 is 28.8 Å². The number of hydrogen-bond acceptors (Lipinski definition) is 7. The van der Waals surface area contributed by atoms with E-state index in [2.05, 4.69) is 6.58 Å². The summed E-state index contributed by atoms with van der Waals surface area (Å²) >= 11 is 0. The molecule has 7 heteroatoms. The summed E-state index contributed by atoms with van der Waals surface area (Å²) < 4.78 is 30.7. The predicted molar refractivity (Wildman–Crippen MR) is 141 cm³/mol. The van der Waals surface area contributed by atoms with Crippen LogP contribution in [0.2, 0.25) is 0 Å². The molecule has 202 valence electrons. The van der Waals surface area contributed by atoms with Gasteiger partial charge in [-0.2, -0.15) is 0 Å². The molecule has 3 rings (SSSR count). The summed E-state index contributed by atoms with van der Waals surface area (Å²) in [5.74, 6) is -0.388. The maximum absolute atomic E-state index is 12.9. The van der Waals surface area contributed by atoms with Crippen LogP contribution in [0.4, 0.5) is 0 Å². The first kappa shape index (κ1) is 29.0. The van der Waals surface area contributed by atoms with Crippen molar-refractivity contribution in [3.05, 3.63) is 84.4 Å². The quantitative estimate of drug-likeness (QED) is 0.221. The van der Waals surface area contributed by atoms with Gasteiger partial charge >= 0.3 is 5.97 Å². The lowest BCUT2D eigenvalue weighted by Gasteiger charge is -2.29. The molecule has 1 saturated heterocycles. The monoisotopic (exact) mass is 512 g/mol. The standard InChI is InChI=1S/C30H40O7/c1-5-6-13-18-33-28-27(37-29(32)30(2,3)4)26(35-21-23-16-11-8-12-17-23)25(36-28)24(19-31)34-20-22-14-9-7-10-15-22/h5,7-12,14-17,24-28,31H,1,6,13,18-21H2,2-4H3/t24-,25+,26+,27-,28+/m1/s1. The summed E-state index contributed by atoms with van der Waals surface area (Å²) in [5, 5.41) is 10.3. The van der Waals surface area contributed by atoms with Crippen LogP contribution in [-0.4, -0.2) is 55.0 Å². The van der Waals surface area contributed by atoms with Crippen LogP contribution in [0, 0.1) is 5.41 Å². The highest BCUT2D eigenvalue weighted by atomic mass is 16.7. The molecule has 1 N–H and O–H groups in total. The van der Waals surface area contributed by atoms with Crippen LogP contribution in [0.3, 0.4) is 0 Å². The van der Waals surface area contributed by atoms with Crippen LogP contribution in [0.15, 0.2) is 73.3 Å². The number of unbranched alkanes of at least 4 members (excludes halogenated alkanes) is 1. The third-order valence-electron chi connectivity index (χ3n) is 6.04. The Labute approximate surface area is 220 Å². The van der Waals surface area contributed by atoms with Crippen molar-refractivity contribution in [2.45, 2.75) is 77.5 Å². The maximum atomic E-state index is 12.9. The minimum Gasteiger partial charge on any atom is -0.454 e. The lowest BCUT2D eigenvalue weighted by Crippen LogP contribution is -2.46. The molecular weight excluding hydrogens is 472 g/mol. The van der Waals surface area contributed by atoms with E-state index >= 15 is 0 Å². The van der Waals surface area contributed by atoms with Crippen molar-refractivity contribution in [3.8, 4) is 0 Å². The Bertz CT molecular complexity index is 941. The zero-order valence-electron chi connectivity index (χ0n) is 22.1. The number of allylic oxidation sites excluding steroid dienone is 1. The van der Waals surface area contributed by atoms with Crippen molar-refractivity contribution in [3.63, 3.8) is 0 Å². The number of aliphatic hydroxyl groups is 1. The largest absolute Gasteiger partial charge is 0.454 e. The Morgan fingerprint density at radius 3 is 2.19 bits per heavy atom. The number of carbonyl (C=O) groups excluding carboxylic acids is 1. The van der Waals surface area contributed by atoms with Gasteiger partial charge in [0.1, 0.15) is 18.3 Å². The molecular formula is C30H40O7. The van der Waals surface area contributed by atoms with Gasteiger partial charge in [-0.05, 0) is 44.7 Å². The van der Waals surface area contributed by atoms with Crippen LogP contribution in [0.5, 0.6) is 0 Å². The molecule has 0 amide bonds. The van der Waals surface area contributed by atoms with Crippen molar-refractivity contribution in [2.24, 2.45) is 5.41 Å². The molecule has 0 unspecified atom stereocenters. The molecule has 1 heterocycles. The Hall–Kier alpha value is -2.55. The van der Waals surface area contributed by atoms with Gasteiger partial charge in [0.25, 0.3) is 0 Å². The molecule has 0 saturated carbocycles. The molecule has 0 bridgehead atoms. The third kappa shape index (κ3) is 8.76.